The monoisotopic (exact) mass is 534 g/mol. The first-order chi connectivity index (χ1) is 18.4. The summed E-state index contributed by atoms with van der Waals surface area (Å²) in [7, 11) is 4.03. The van der Waals surface area contributed by atoms with Gasteiger partial charge < -0.3 is 20.3 Å². The fourth-order valence-corrected chi connectivity index (χ4v) is 3.75. The molecule has 3 aromatic carbocycles. The van der Waals surface area contributed by atoms with Crippen molar-refractivity contribution in [1.82, 2.24) is 25.6 Å². The van der Waals surface area contributed by atoms with Gasteiger partial charge in [-0.25, -0.2) is 19.8 Å². The summed E-state index contributed by atoms with van der Waals surface area (Å²) >= 11 is 6.42. The first kappa shape index (κ1) is 26.8. The zero-order valence-corrected chi connectivity index (χ0v) is 21.8. The van der Waals surface area contributed by atoms with Crippen LogP contribution in [0.1, 0.15) is 12.0 Å². The standard InChI is InChI=1S/C27H28ClFN8O/c1-37(2)12-4-11-31-27(30)36-34-16-18-7-9-24-22(13-18)26(33-17-32-24)35-20-8-10-25(23(28)15-20)38-21-6-3-5-19(29)14-21/h3,5-10,13-17H,4,11-12H2,1-2H3,(H3,30,31,36)(H,32,33,35)/b34-16+. The normalized spacial score (nSPS) is 11.2. The van der Waals surface area contributed by atoms with Crippen LogP contribution >= 0.6 is 11.6 Å². The molecule has 4 rings (SSSR count). The van der Waals surface area contributed by atoms with Gasteiger partial charge >= 0.3 is 0 Å². The van der Waals surface area contributed by atoms with Crippen molar-refractivity contribution < 1.29 is 9.13 Å². The highest BCUT2D eigenvalue weighted by atomic mass is 35.5. The minimum Gasteiger partial charge on any atom is -0.456 e. The molecule has 0 amide bonds. The molecule has 0 saturated heterocycles. The molecule has 0 fully saturated rings. The number of ether oxygens (including phenoxy) is 1. The molecule has 0 spiro atoms. The van der Waals surface area contributed by atoms with E-state index < -0.39 is 5.82 Å². The summed E-state index contributed by atoms with van der Waals surface area (Å²) in [5, 5.41) is 19.5. The minimum atomic E-state index is -0.390. The van der Waals surface area contributed by atoms with Crippen LogP contribution in [0.15, 0.2) is 72.1 Å². The molecule has 0 aliphatic carbocycles. The third-order valence-electron chi connectivity index (χ3n) is 5.35. The van der Waals surface area contributed by atoms with E-state index in [0.717, 1.165) is 29.4 Å². The lowest BCUT2D eigenvalue weighted by molar-refractivity contribution is 0.399. The Morgan fingerprint density at radius 1 is 1.13 bits per heavy atom. The largest absolute Gasteiger partial charge is 0.456 e. The molecule has 38 heavy (non-hydrogen) atoms. The average Bonchev–Trinajstić information content (AvgIpc) is 2.88. The predicted molar refractivity (Wildman–Crippen MR) is 150 cm³/mol. The molecular weight excluding hydrogens is 507 g/mol. The van der Waals surface area contributed by atoms with Crippen LogP contribution in [0, 0.1) is 11.2 Å². The Hall–Kier alpha value is -4.28. The molecule has 1 aromatic heterocycles. The number of nitrogens with zero attached hydrogens (tertiary/aromatic N) is 4. The quantitative estimate of drug-likeness (QED) is 0.0938. The molecule has 1 heterocycles. The van der Waals surface area contributed by atoms with Gasteiger partial charge in [-0.05, 0) is 75.1 Å². The number of rotatable bonds is 10. The number of hydrazone groups is 1. The second-order valence-corrected chi connectivity index (χ2v) is 9.06. The second-order valence-electron chi connectivity index (χ2n) is 8.66. The molecule has 9 nitrogen and oxygen atoms in total. The van der Waals surface area contributed by atoms with E-state index >= 15 is 0 Å². The van der Waals surface area contributed by atoms with Gasteiger partial charge in [0.05, 0.1) is 16.8 Å². The zero-order chi connectivity index (χ0) is 26.9. The van der Waals surface area contributed by atoms with E-state index in [9.17, 15) is 4.39 Å². The van der Waals surface area contributed by atoms with Gasteiger partial charge in [0.15, 0.2) is 0 Å². The van der Waals surface area contributed by atoms with Crippen molar-refractivity contribution in [1.29, 1.82) is 5.41 Å². The Kier molecular flexibility index (Phi) is 9.02. The van der Waals surface area contributed by atoms with Crippen LogP contribution < -0.4 is 20.8 Å². The lowest BCUT2D eigenvalue weighted by Crippen LogP contribution is -2.34. The molecule has 0 radical (unpaired) electrons. The van der Waals surface area contributed by atoms with Gasteiger partial charge in [0.1, 0.15) is 29.5 Å². The molecule has 11 heteroatoms. The molecule has 196 valence electrons. The molecule has 0 aliphatic heterocycles. The van der Waals surface area contributed by atoms with Gasteiger partial charge in [-0.15, -0.1) is 0 Å². The van der Waals surface area contributed by atoms with Crippen molar-refractivity contribution in [3.8, 4) is 11.5 Å². The fraction of sp³-hybridized carbons (Fsp3) is 0.185. The highest BCUT2D eigenvalue weighted by Gasteiger charge is 2.09. The molecule has 4 aromatic rings. The third-order valence-corrected chi connectivity index (χ3v) is 5.65. The van der Waals surface area contributed by atoms with E-state index in [1.165, 1.54) is 18.5 Å². The van der Waals surface area contributed by atoms with E-state index in [2.05, 4.69) is 36.0 Å². The number of anilines is 2. The van der Waals surface area contributed by atoms with E-state index in [1.54, 1.807) is 36.5 Å². The summed E-state index contributed by atoms with van der Waals surface area (Å²) in [5.74, 6) is 1.09. The first-order valence-corrected chi connectivity index (χ1v) is 12.3. The minimum absolute atomic E-state index is 0.133. The van der Waals surface area contributed by atoms with Gasteiger partial charge in [0, 0.05) is 23.7 Å². The summed E-state index contributed by atoms with van der Waals surface area (Å²) in [6.45, 7) is 1.63. The van der Waals surface area contributed by atoms with Crippen molar-refractivity contribution in [3.63, 3.8) is 0 Å². The lowest BCUT2D eigenvalue weighted by Gasteiger charge is -2.12. The number of fused-ring (bicyclic) bond motifs is 1. The van der Waals surface area contributed by atoms with Crippen molar-refractivity contribution in [2.45, 2.75) is 6.42 Å². The number of hydrogen-bond donors (Lipinski definition) is 4. The van der Waals surface area contributed by atoms with Gasteiger partial charge in [-0.1, -0.05) is 23.7 Å². The number of hydrogen-bond acceptors (Lipinski definition) is 7. The predicted octanol–water partition coefficient (Wildman–Crippen LogP) is 5.36. The topological polar surface area (TPSA) is 111 Å². The van der Waals surface area contributed by atoms with Gasteiger partial charge in [0.25, 0.3) is 0 Å². The fourth-order valence-electron chi connectivity index (χ4n) is 3.53. The van der Waals surface area contributed by atoms with Crippen molar-refractivity contribution in [2.24, 2.45) is 5.10 Å². The highest BCUT2D eigenvalue weighted by Crippen LogP contribution is 2.33. The average molecular weight is 535 g/mol. The zero-order valence-electron chi connectivity index (χ0n) is 21.0. The Morgan fingerprint density at radius 3 is 2.79 bits per heavy atom. The van der Waals surface area contributed by atoms with Crippen LogP contribution in [0.5, 0.6) is 11.5 Å². The summed E-state index contributed by atoms with van der Waals surface area (Å²) in [5.41, 5.74) is 4.93. The first-order valence-electron chi connectivity index (χ1n) is 11.9. The van der Waals surface area contributed by atoms with E-state index in [4.69, 9.17) is 21.7 Å². The number of halogens is 2. The molecule has 4 N–H and O–H groups in total. The van der Waals surface area contributed by atoms with Crippen LogP contribution in [0.2, 0.25) is 5.02 Å². The highest BCUT2D eigenvalue weighted by molar-refractivity contribution is 6.32. The van der Waals surface area contributed by atoms with Crippen molar-refractivity contribution in [3.05, 3.63) is 83.4 Å². The smallest absolute Gasteiger partial charge is 0.209 e. The number of benzene rings is 3. The Morgan fingerprint density at radius 2 is 2.00 bits per heavy atom. The third kappa shape index (κ3) is 7.61. The number of aromatic nitrogens is 2. The van der Waals surface area contributed by atoms with Crippen LogP contribution in [-0.2, 0) is 0 Å². The molecular formula is C27H28ClFN8O. The number of nitrogens with one attached hydrogen (secondary N) is 4. The van der Waals surface area contributed by atoms with E-state index in [-0.39, 0.29) is 5.96 Å². The van der Waals surface area contributed by atoms with E-state index in [1.807, 2.05) is 32.3 Å². The maximum absolute atomic E-state index is 13.5. The Bertz CT molecular complexity index is 1450. The SMILES string of the molecule is CN(C)CCCNC(=N)N/N=C/c1ccc2ncnc(Nc3ccc(Oc4cccc(F)c4)c(Cl)c3)c2c1. The van der Waals surface area contributed by atoms with Gasteiger partial charge in [0.2, 0.25) is 5.96 Å². The molecule has 0 aliphatic rings. The van der Waals surface area contributed by atoms with Crippen LogP contribution in [-0.4, -0.2) is 54.2 Å². The Balaban J connectivity index is 1.43. The van der Waals surface area contributed by atoms with Gasteiger partial charge in [-0.2, -0.15) is 5.10 Å². The van der Waals surface area contributed by atoms with E-state index in [0.29, 0.717) is 34.6 Å². The Labute approximate surface area is 225 Å². The van der Waals surface area contributed by atoms with Gasteiger partial charge in [-0.3, -0.25) is 5.41 Å². The van der Waals surface area contributed by atoms with Crippen LogP contribution in [0.25, 0.3) is 10.9 Å². The number of guanidine groups is 1. The van der Waals surface area contributed by atoms with Crippen molar-refractivity contribution in [2.75, 3.05) is 32.5 Å². The molecule has 0 atom stereocenters. The summed E-state index contributed by atoms with van der Waals surface area (Å²) in [4.78, 5) is 10.8. The van der Waals surface area contributed by atoms with Crippen LogP contribution in [0.3, 0.4) is 0 Å². The molecule has 0 bridgehead atoms. The summed E-state index contributed by atoms with van der Waals surface area (Å²) in [6.07, 6.45) is 4.03. The summed E-state index contributed by atoms with van der Waals surface area (Å²) < 4.78 is 19.2. The lowest BCUT2D eigenvalue weighted by atomic mass is 10.1. The molecule has 0 unspecified atom stereocenters. The van der Waals surface area contributed by atoms with Crippen LogP contribution in [0.4, 0.5) is 15.9 Å². The summed E-state index contributed by atoms with van der Waals surface area (Å²) in [6, 6.07) is 16.7. The van der Waals surface area contributed by atoms with Crippen molar-refractivity contribution >= 4 is 46.2 Å². The second kappa shape index (κ2) is 12.8. The maximum atomic E-state index is 13.5. The maximum Gasteiger partial charge on any atom is 0.209 e. The molecule has 0 saturated carbocycles.